The standard InChI is InChI=1S/C21H20N4O4S/c1-11-9-12(25(27)28)3-4-13(11)15-5-6-16(29-15)19-22-20(26)18-14-7-8-24(2)10-17(14)30-21(18)23-19/h3-6,9,19,23H,7-8,10H2,1-2H3,(H,22,26)/p+1/t19-/m1/s1. The third-order valence-electron chi connectivity index (χ3n) is 5.73. The summed E-state index contributed by atoms with van der Waals surface area (Å²) < 4.78 is 6.03. The van der Waals surface area contributed by atoms with Crippen LogP contribution in [0.4, 0.5) is 10.7 Å². The van der Waals surface area contributed by atoms with E-state index < -0.39 is 11.1 Å². The molecule has 9 heteroatoms. The van der Waals surface area contributed by atoms with Gasteiger partial charge in [0.15, 0.2) is 6.17 Å². The number of hydrogen-bond donors (Lipinski definition) is 3. The summed E-state index contributed by atoms with van der Waals surface area (Å²) in [4.78, 5) is 26.1. The molecule has 8 nitrogen and oxygen atoms in total. The molecule has 3 aromatic rings. The second-order valence-corrected chi connectivity index (χ2v) is 8.96. The van der Waals surface area contributed by atoms with Crippen molar-refractivity contribution in [2.24, 2.45) is 0 Å². The molecule has 2 aliphatic heterocycles. The molecule has 1 amide bonds. The number of aryl methyl sites for hydroxylation is 1. The molecule has 1 unspecified atom stereocenters. The molecule has 0 spiro atoms. The number of nitro benzene ring substituents is 1. The zero-order chi connectivity index (χ0) is 21.0. The lowest BCUT2D eigenvalue weighted by Crippen LogP contribution is -3.08. The Hall–Kier alpha value is -3.17. The van der Waals surface area contributed by atoms with E-state index in [-0.39, 0.29) is 11.6 Å². The number of benzene rings is 1. The summed E-state index contributed by atoms with van der Waals surface area (Å²) in [6.45, 7) is 3.78. The van der Waals surface area contributed by atoms with E-state index in [1.165, 1.54) is 27.5 Å². The van der Waals surface area contributed by atoms with Gasteiger partial charge in [-0.2, -0.15) is 0 Å². The quantitative estimate of drug-likeness (QED) is 0.442. The van der Waals surface area contributed by atoms with Crippen LogP contribution in [0.3, 0.4) is 0 Å². The topological polar surface area (TPSA) is 102 Å². The second-order valence-electron chi connectivity index (χ2n) is 7.85. The molecule has 0 aliphatic carbocycles. The summed E-state index contributed by atoms with van der Waals surface area (Å²) >= 11 is 1.66. The Balaban J connectivity index is 1.43. The molecule has 3 N–H and O–H groups in total. The highest BCUT2D eigenvalue weighted by Crippen LogP contribution is 2.39. The van der Waals surface area contributed by atoms with Crippen LogP contribution in [0.2, 0.25) is 0 Å². The van der Waals surface area contributed by atoms with Gasteiger partial charge < -0.3 is 20.0 Å². The van der Waals surface area contributed by atoms with Crippen molar-refractivity contribution in [2.45, 2.75) is 26.1 Å². The smallest absolute Gasteiger partial charge is 0.269 e. The lowest BCUT2D eigenvalue weighted by molar-refractivity contribution is -0.895. The number of nitrogens with one attached hydrogen (secondary N) is 3. The molecule has 0 saturated heterocycles. The summed E-state index contributed by atoms with van der Waals surface area (Å²) in [6, 6.07) is 8.33. The van der Waals surface area contributed by atoms with Crippen molar-refractivity contribution in [3.8, 4) is 11.3 Å². The minimum absolute atomic E-state index is 0.0471. The lowest BCUT2D eigenvalue weighted by atomic mass is 10.0. The molecule has 0 bridgehead atoms. The first-order chi connectivity index (χ1) is 14.4. The van der Waals surface area contributed by atoms with Crippen LogP contribution in [0.15, 0.2) is 34.7 Å². The number of amides is 1. The third-order valence-corrected chi connectivity index (χ3v) is 6.89. The van der Waals surface area contributed by atoms with Crippen LogP contribution in [0.25, 0.3) is 11.3 Å². The first-order valence-corrected chi connectivity index (χ1v) is 10.6. The second kappa shape index (κ2) is 6.96. The predicted octanol–water partition coefficient (Wildman–Crippen LogP) is 2.65. The van der Waals surface area contributed by atoms with Crippen LogP contribution in [0, 0.1) is 17.0 Å². The Morgan fingerprint density at radius 3 is 2.87 bits per heavy atom. The molecule has 2 aliphatic rings. The average Bonchev–Trinajstić information content (AvgIpc) is 3.32. The van der Waals surface area contributed by atoms with E-state index >= 15 is 0 Å². The Morgan fingerprint density at radius 2 is 2.10 bits per heavy atom. The van der Waals surface area contributed by atoms with Gasteiger partial charge in [-0.25, -0.2) is 0 Å². The number of quaternary nitrogens is 1. The minimum Gasteiger partial charge on any atom is -0.457 e. The fraction of sp³-hybridized carbons (Fsp3) is 0.286. The molecule has 2 aromatic heterocycles. The van der Waals surface area contributed by atoms with Crippen LogP contribution < -0.4 is 15.5 Å². The number of anilines is 1. The maximum atomic E-state index is 12.9. The number of nitro groups is 1. The maximum Gasteiger partial charge on any atom is 0.269 e. The SMILES string of the molecule is Cc1cc([N+](=O)[O-])ccc1-c1ccc([C@@H]2NC(=O)c3c(sc4c3CC[NH+](C)C4)N2)o1. The summed E-state index contributed by atoms with van der Waals surface area (Å²) in [5, 5.41) is 18.3. The van der Waals surface area contributed by atoms with E-state index in [0.29, 0.717) is 11.5 Å². The number of non-ortho nitro benzene ring substituents is 1. The van der Waals surface area contributed by atoms with Crippen LogP contribution in [-0.4, -0.2) is 24.4 Å². The Kier molecular flexibility index (Phi) is 4.37. The molecular formula is C21H21N4O4S+. The van der Waals surface area contributed by atoms with Crippen LogP contribution in [0.1, 0.15) is 38.3 Å². The van der Waals surface area contributed by atoms with Crippen LogP contribution in [-0.2, 0) is 13.0 Å². The molecule has 0 fully saturated rings. The van der Waals surface area contributed by atoms with Crippen molar-refractivity contribution in [1.82, 2.24) is 5.32 Å². The Bertz CT molecular complexity index is 1180. The first kappa shape index (κ1) is 18.8. The van der Waals surface area contributed by atoms with Gasteiger partial charge in [0.2, 0.25) is 0 Å². The molecule has 2 atom stereocenters. The van der Waals surface area contributed by atoms with E-state index in [9.17, 15) is 14.9 Å². The minimum atomic E-state index is -0.456. The third kappa shape index (κ3) is 3.06. The number of carbonyl (C=O) groups excluding carboxylic acids is 1. The number of fused-ring (bicyclic) bond motifs is 3. The number of nitrogens with zero attached hydrogens (tertiary/aromatic N) is 1. The highest BCUT2D eigenvalue weighted by atomic mass is 32.1. The number of hydrogen-bond acceptors (Lipinski definition) is 6. The van der Waals surface area contributed by atoms with Gasteiger partial charge in [-0.1, -0.05) is 0 Å². The highest BCUT2D eigenvalue weighted by Gasteiger charge is 2.34. The van der Waals surface area contributed by atoms with Crippen molar-refractivity contribution in [3.05, 3.63) is 67.8 Å². The van der Waals surface area contributed by atoms with Crippen molar-refractivity contribution < 1.29 is 19.0 Å². The molecule has 30 heavy (non-hydrogen) atoms. The van der Waals surface area contributed by atoms with E-state index in [0.717, 1.165) is 41.2 Å². The lowest BCUT2D eigenvalue weighted by Gasteiger charge is -2.25. The summed E-state index contributed by atoms with van der Waals surface area (Å²) in [5.74, 6) is 1.13. The summed E-state index contributed by atoms with van der Waals surface area (Å²) in [7, 11) is 2.17. The van der Waals surface area contributed by atoms with Gasteiger partial charge in [0.1, 0.15) is 23.1 Å². The molecule has 5 rings (SSSR count). The van der Waals surface area contributed by atoms with E-state index in [1.54, 1.807) is 17.4 Å². The fourth-order valence-corrected chi connectivity index (χ4v) is 5.55. The Labute approximate surface area is 176 Å². The normalized spacial score (nSPS) is 20.1. The highest BCUT2D eigenvalue weighted by molar-refractivity contribution is 7.16. The maximum absolute atomic E-state index is 12.9. The van der Waals surface area contributed by atoms with Gasteiger partial charge in [-0.05, 0) is 36.2 Å². The number of carbonyl (C=O) groups is 1. The first-order valence-electron chi connectivity index (χ1n) is 9.79. The molecule has 0 radical (unpaired) electrons. The number of furan rings is 1. The van der Waals surface area contributed by atoms with Crippen molar-refractivity contribution in [2.75, 3.05) is 18.9 Å². The molecule has 4 heterocycles. The largest absolute Gasteiger partial charge is 0.457 e. The van der Waals surface area contributed by atoms with Gasteiger partial charge in [0, 0.05) is 24.1 Å². The van der Waals surface area contributed by atoms with Gasteiger partial charge in [0.25, 0.3) is 11.6 Å². The van der Waals surface area contributed by atoms with Gasteiger partial charge >= 0.3 is 0 Å². The van der Waals surface area contributed by atoms with E-state index in [1.807, 2.05) is 19.1 Å². The van der Waals surface area contributed by atoms with Crippen LogP contribution in [0.5, 0.6) is 0 Å². The monoisotopic (exact) mass is 425 g/mol. The zero-order valence-corrected chi connectivity index (χ0v) is 17.4. The van der Waals surface area contributed by atoms with Gasteiger partial charge in [0.05, 0.1) is 29.0 Å². The molecular weight excluding hydrogens is 404 g/mol. The van der Waals surface area contributed by atoms with Crippen molar-refractivity contribution in [1.29, 1.82) is 0 Å². The molecule has 0 saturated carbocycles. The summed E-state index contributed by atoms with van der Waals surface area (Å²) in [6.07, 6.45) is 0.458. The predicted molar refractivity (Wildman–Crippen MR) is 113 cm³/mol. The molecule has 1 aromatic carbocycles. The van der Waals surface area contributed by atoms with Crippen molar-refractivity contribution in [3.63, 3.8) is 0 Å². The summed E-state index contributed by atoms with van der Waals surface area (Å²) in [5.41, 5.74) is 3.53. The zero-order valence-electron chi connectivity index (χ0n) is 16.6. The van der Waals surface area contributed by atoms with E-state index in [2.05, 4.69) is 17.7 Å². The number of thiophene rings is 1. The fourth-order valence-electron chi connectivity index (χ4n) is 4.17. The average molecular weight is 425 g/mol. The van der Waals surface area contributed by atoms with E-state index in [4.69, 9.17) is 4.42 Å². The van der Waals surface area contributed by atoms with Crippen LogP contribution >= 0.6 is 11.3 Å². The number of rotatable bonds is 3. The van der Waals surface area contributed by atoms with Gasteiger partial charge in [-0.15, -0.1) is 11.3 Å². The van der Waals surface area contributed by atoms with Gasteiger partial charge in [-0.3, -0.25) is 14.9 Å². The Morgan fingerprint density at radius 1 is 1.27 bits per heavy atom. The molecule has 154 valence electrons. The number of likely N-dealkylation sites (N-methyl/N-ethyl adjacent to an activating group) is 1. The van der Waals surface area contributed by atoms with Crippen molar-refractivity contribution >= 4 is 27.9 Å².